The van der Waals surface area contributed by atoms with Gasteiger partial charge in [0.25, 0.3) is 0 Å². The SMILES string of the molecule is O=C(NC1CCCC1)C1CCCN(S(=O)(=O)c2ccc(Br)cc2)C1. The minimum atomic E-state index is -3.54. The molecule has 1 unspecified atom stereocenters. The van der Waals surface area contributed by atoms with E-state index in [9.17, 15) is 13.2 Å². The van der Waals surface area contributed by atoms with Crippen molar-refractivity contribution in [2.24, 2.45) is 5.92 Å². The van der Waals surface area contributed by atoms with Gasteiger partial charge in [0.05, 0.1) is 10.8 Å². The Bertz CT molecular complexity index is 684. The number of hydrogen-bond donors (Lipinski definition) is 1. The Labute approximate surface area is 152 Å². The maximum Gasteiger partial charge on any atom is 0.243 e. The lowest BCUT2D eigenvalue weighted by Gasteiger charge is -2.31. The molecule has 24 heavy (non-hydrogen) atoms. The third-order valence-electron chi connectivity index (χ3n) is 4.91. The summed E-state index contributed by atoms with van der Waals surface area (Å²) in [6, 6.07) is 6.92. The number of nitrogens with one attached hydrogen (secondary N) is 1. The molecule has 2 fully saturated rings. The van der Waals surface area contributed by atoms with Crippen LogP contribution in [0.3, 0.4) is 0 Å². The molecule has 1 aliphatic heterocycles. The van der Waals surface area contributed by atoms with Gasteiger partial charge in [-0.25, -0.2) is 8.42 Å². The van der Waals surface area contributed by atoms with Gasteiger partial charge in [0.15, 0.2) is 0 Å². The third kappa shape index (κ3) is 4.00. The van der Waals surface area contributed by atoms with Crippen molar-refractivity contribution < 1.29 is 13.2 Å². The lowest BCUT2D eigenvalue weighted by atomic mass is 9.98. The van der Waals surface area contributed by atoms with Crippen LogP contribution in [0.1, 0.15) is 38.5 Å². The van der Waals surface area contributed by atoms with Crippen LogP contribution in [0, 0.1) is 5.92 Å². The van der Waals surface area contributed by atoms with Crippen LogP contribution in [-0.2, 0) is 14.8 Å². The summed E-state index contributed by atoms with van der Waals surface area (Å²) in [6.45, 7) is 0.753. The molecule has 1 heterocycles. The van der Waals surface area contributed by atoms with E-state index in [1.54, 1.807) is 24.3 Å². The van der Waals surface area contributed by atoms with Gasteiger partial charge in [-0.1, -0.05) is 28.8 Å². The molecule has 0 aromatic heterocycles. The Morgan fingerprint density at radius 3 is 2.42 bits per heavy atom. The normalized spacial score (nSPS) is 23.3. The van der Waals surface area contributed by atoms with E-state index >= 15 is 0 Å². The van der Waals surface area contributed by atoms with Gasteiger partial charge in [0.2, 0.25) is 15.9 Å². The highest BCUT2D eigenvalue weighted by Gasteiger charge is 2.34. The average Bonchev–Trinajstić information content (AvgIpc) is 3.08. The Hall–Kier alpha value is -0.920. The average molecular weight is 415 g/mol. The van der Waals surface area contributed by atoms with Gasteiger partial charge < -0.3 is 5.32 Å². The summed E-state index contributed by atoms with van der Waals surface area (Å²) in [4.78, 5) is 12.7. The number of hydrogen-bond acceptors (Lipinski definition) is 3. The van der Waals surface area contributed by atoms with Crippen molar-refractivity contribution in [3.05, 3.63) is 28.7 Å². The van der Waals surface area contributed by atoms with Gasteiger partial charge in [-0.2, -0.15) is 4.31 Å². The summed E-state index contributed by atoms with van der Waals surface area (Å²) >= 11 is 3.32. The third-order valence-corrected chi connectivity index (χ3v) is 7.32. The zero-order valence-corrected chi connectivity index (χ0v) is 16.0. The van der Waals surface area contributed by atoms with Gasteiger partial charge in [-0.15, -0.1) is 0 Å². The fourth-order valence-electron chi connectivity index (χ4n) is 3.52. The van der Waals surface area contributed by atoms with Gasteiger partial charge >= 0.3 is 0 Å². The predicted octanol–water partition coefficient (Wildman–Crippen LogP) is 2.91. The van der Waals surface area contributed by atoms with E-state index in [1.165, 1.54) is 17.1 Å². The number of sulfonamides is 1. The smallest absolute Gasteiger partial charge is 0.243 e. The highest BCUT2D eigenvalue weighted by molar-refractivity contribution is 9.10. The standard InChI is InChI=1S/C17H23BrN2O3S/c18-14-7-9-16(10-8-14)24(22,23)20-11-3-4-13(12-20)17(21)19-15-5-1-2-6-15/h7-10,13,15H,1-6,11-12H2,(H,19,21). The van der Waals surface area contributed by atoms with Crippen LogP contribution in [-0.4, -0.2) is 37.8 Å². The molecular formula is C17H23BrN2O3S. The number of rotatable bonds is 4. The molecule has 1 atom stereocenters. The van der Waals surface area contributed by atoms with Crippen molar-refractivity contribution >= 4 is 31.9 Å². The summed E-state index contributed by atoms with van der Waals surface area (Å²) in [6.07, 6.45) is 5.89. The number of carbonyl (C=O) groups excluding carboxylic acids is 1. The molecule has 0 radical (unpaired) electrons. The van der Waals surface area contributed by atoms with E-state index < -0.39 is 10.0 Å². The minimum Gasteiger partial charge on any atom is -0.353 e. The van der Waals surface area contributed by atoms with E-state index in [4.69, 9.17) is 0 Å². The number of halogens is 1. The van der Waals surface area contributed by atoms with E-state index in [1.807, 2.05) is 0 Å². The molecular weight excluding hydrogens is 392 g/mol. The number of nitrogens with zero attached hydrogens (tertiary/aromatic N) is 1. The quantitative estimate of drug-likeness (QED) is 0.823. The molecule has 1 aliphatic carbocycles. The van der Waals surface area contributed by atoms with Crippen LogP contribution in [0.25, 0.3) is 0 Å². The second kappa shape index (κ2) is 7.54. The first-order chi connectivity index (χ1) is 11.5. The highest BCUT2D eigenvalue weighted by atomic mass is 79.9. The van der Waals surface area contributed by atoms with E-state index in [0.29, 0.717) is 6.54 Å². The molecule has 1 saturated carbocycles. The molecule has 1 aromatic rings. The second-order valence-electron chi connectivity index (χ2n) is 6.65. The Balaban J connectivity index is 1.68. The molecule has 2 aliphatic rings. The van der Waals surface area contributed by atoms with Crippen LogP contribution in [0.4, 0.5) is 0 Å². The molecule has 1 aromatic carbocycles. The maximum absolute atomic E-state index is 12.8. The Morgan fingerprint density at radius 1 is 1.08 bits per heavy atom. The van der Waals surface area contributed by atoms with Gasteiger partial charge in [-0.05, 0) is 49.9 Å². The van der Waals surface area contributed by atoms with Crippen molar-refractivity contribution in [1.29, 1.82) is 0 Å². The van der Waals surface area contributed by atoms with E-state index in [2.05, 4.69) is 21.2 Å². The van der Waals surface area contributed by atoms with Crippen LogP contribution < -0.4 is 5.32 Å². The number of carbonyl (C=O) groups is 1. The Morgan fingerprint density at radius 2 is 1.75 bits per heavy atom. The summed E-state index contributed by atoms with van der Waals surface area (Å²) in [5, 5.41) is 3.10. The van der Waals surface area contributed by atoms with Crippen LogP contribution >= 0.6 is 15.9 Å². The lowest BCUT2D eigenvalue weighted by molar-refractivity contribution is -0.126. The monoisotopic (exact) mass is 414 g/mol. The highest BCUT2D eigenvalue weighted by Crippen LogP contribution is 2.26. The molecule has 1 amide bonds. The van der Waals surface area contributed by atoms with Gasteiger partial charge in [0.1, 0.15) is 0 Å². The molecule has 7 heteroatoms. The summed E-state index contributed by atoms with van der Waals surface area (Å²) in [5.41, 5.74) is 0. The minimum absolute atomic E-state index is 0.0117. The van der Waals surface area contributed by atoms with E-state index in [-0.39, 0.29) is 29.3 Å². The molecule has 5 nitrogen and oxygen atoms in total. The van der Waals surface area contributed by atoms with Crippen LogP contribution in [0.15, 0.2) is 33.6 Å². The van der Waals surface area contributed by atoms with Crippen molar-refractivity contribution in [2.75, 3.05) is 13.1 Å². The fraction of sp³-hybridized carbons (Fsp3) is 0.588. The Kier molecular flexibility index (Phi) is 5.62. The topological polar surface area (TPSA) is 66.5 Å². The molecule has 1 saturated heterocycles. The van der Waals surface area contributed by atoms with Crippen molar-refractivity contribution in [2.45, 2.75) is 49.5 Å². The first-order valence-electron chi connectivity index (χ1n) is 8.53. The first-order valence-corrected chi connectivity index (χ1v) is 10.8. The van der Waals surface area contributed by atoms with Crippen LogP contribution in [0.2, 0.25) is 0 Å². The number of amides is 1. The number of piperidine rings is 1. The lowest BCUT2D eigenvalue weighted by Crippen LogP contribution is -2.47. The maximum atomic E-state index is 12.8. The largest absolute Gasteiger partial charge is 0.353 e. The summed E-state index contributed by atoms with van der Waals surface area (Å²) in [5.74, 6) is -0.234. The summed E-state index contributed by atoms with van der Waals surface area (Å²) < 4.78 is 27.9. The molecule has 0 spiro atoms. The number of benzene rings is 1. The first kappa shape index (κ1) is 17.9. The zero-order valence-electron chi connectivity index (χ0n) is 13.6. The molecule has 3 rings (SSSR count). The second-order valence-corrected chi connectivity index (χ2v) is 9.50. The zero-order chi connectivity index (χ0) is 17.2. The molecule has 0 bridgehead atoms. The van der Waals surface area contributed by atoms with Crippen molar-refractivity contribution in [3.8, 4) is 0 Å². The fourth-order valence-corrected chi connectivity index (χ4v) is 5.31. The van der Waals surface area contributed by atoms with Crippen molar-refractivity contribution in [1.82, 2.24) is 9.62 Å². The van der Waals surface area contributed by atoms with Gasteiger partial charge in [-0.3, -0.25) is 4.79 Å². The van der Waals surface area contributed by atoms with Crippen LogP contribution in [0.5, 0.6) is 0 Å². The van der Waals surface area contributed by atoms with Crippen molar-refractivity contribution in [3.63, 3.8) is 0 Å². The summed E-state index contributed by atoms with van der Waals surface area (Å²) in [7, 11) is -3.54. The van der Waals surface area contributed by atoms with E-state index in [0.717, 1.165) is 30.2 Å². The molecule has 1 N–H and O–H groups in total. The predicted molar refractivity (Wildman–Crippen MR) is 96.0 cm³/mol. The molecule has 132 valence electrons. The van der Waals surface area contributed by atoms with Gasteiger partial charge in [0, 0.05) is 23.6 Å².